The SMILES string of the molecule is CC(=O)NC1CCC(NCc2ccc3c(c2)cc(C#CCNc2ccc(C(C)(C)C#N)nc2)n3CC(F)(F)F)CC1. The Balaban J connectivity index is 1.42. The number of nitrogens with zero attached hydrogens (tertiary/aromatic N) is 3. The number of hydrogen-bond donors (Lipinski definition) is 3. The molecule has 1 aliphatic carbocycles. The molecular weight excluding hydrogens is 529 g/mol. The summed E-state index contributed by atoms with van der Waals surface area (Å²) in [6.45, 7) is 4.82. The molecule has 3 N–H and O–H groups in total. The second-order valence-corrected chi connectivity index (χ2v) is 11.1. The summed E-state index contributed by atoms with van der Waals surface area (Å²) >= 11 is 0. The molecule has 0 unspecified atom stereocenters. The van der Waals surface area contributed by atoms with Gasteiger partial charge in [-0.3, -0.25) is 9.78 Å². The van der Waals surface area contributed by atoms with E-state index < -0.39 is 18.1 Å². The molecule has 0 radical (unpaired) electrons. The van der Waals surface area contributed by atoms with Crippen LogP contribution in [0.2, 0.25) is 0 Å². The minimum atomic E-state index is -4.39. The van der Waals surface area contributed by atoms with Gasteiger partial charge >= 0.3 is 6.18 Å². The zero-order valence-corrected chi connectivity index (χ0v) is 23.5. The van der Waals surface area contributed by atoms with Crippen LogP contribution in [-0.2, 0) is 23.3 Å². The number of alkyl halides is 3. The van der Waals surface area contributed by atoms with Gasteiger partial charge in [-0.15, -0.1) is 0 Å². The van der Waals surface area contributed by atoms with E-state index in [1.54, 1.807) is 44.3 Å². The first-order valence-electron chi connectivity index (χ1n) is 13.7. The molecule has 0 bridgehead atoms. The zero-order valence-electron chi connectivity index (χ0n) is 23.5. The Labute approximate surface area is 238 Å². The fourth-order valence-electron chi connectivity index (χ4n) is 5.08. The number of fused-ring (bicyclic) bond motifs is 1. The Morgan fingerprint density at radius 2 is 1.83 bits per heavy atom. The quantitative estimate of drug-likeness (QED) is 0.319. The summed E-state index contributed by atoms with van der Waals surface area (Å²) in [4.78, 5) is 15.6. The van der Waals surface area contributed by atoms with Crippen molar-refractivity contribution in [2.24, 2.45) is 0 Å². The highest BCUT2D eigenvalue weighted by molar-refractivity contribution is 5.83. The molecule has 7 nitrogen and oxygen atoms in total. The van der Waals surface area contributed by atoms with E-state index >= 15 is 0 Å². The fourth-order valence-corrected chi connectivity index (χ4v) is 5.08. The zero-order chi connectivity index (χ0) is 29.6. The lowest BCUT2D eigenvalue weighted by Gasteiger charge is -2.29. The van der Waals surface area contributed by atoms with Crippen LogP contribution in [0.4, 0.5) is 18.9 Å². The second kappa shape index (κ2) is 12.7. The molecule has 0 atom stereocenters. The topological polar surface area (TPSA) is 94.8 Å². The summed E-state index contributed by atoms with van der Waals surface area (Å²) in [5.41, 5.74) is 2.42. The number of aromatic nitrogens is 2. The maximum atomic E-state index is 13.4. The number of anilines is 1. The summed E-state index contributed by atoms with van der Waals surface area (Å²) in [6.07, 6.45) is 0.994. The van der Waals surface area contributed by atoms with Crippen LogP contribution in [0.25, 0.3) is 10.9 Å². The van der Waals surface area contributed by atoms with Crippen molar-refractivity contribution in [2.75, 3.05) is 11.9 Å². The van der Waals surface area contributed by atoms with Crippen molar-refractivity contribution in [3.8, 4) is 17.9 Å². The van der Waals surface area contributed by atoms with E-state index in [1.807, 2.05) is 12.1 Å². The molecule has 0 spiro atoms. The first kappa shape index (κ1) is 30.0. The highest BCUT2D eigenvalue weighted by atomic mass is 19.4. The molecule has 4 rings (SSSR count). The monoisotopic (exact) mass is 564 g/mol. The van der Waals surface area contributed by atoms with Gasteiger partial charge in [0.05, 0.1) is 41.3 Å². The molecule has 10 heteroatoms. The van der Waals surface area contributed by atoms with Crippen LogP contribution in [-0.4, -0.2) is 40.3 Å². The molecule has 1 aromatic carbocycles. The Hall–Kier alpha value is -4.02. The van der Waals surface area contributed by atoms with Gasteiger partial charge in [-0.25, -0.2) is 0 Å². The van der Waals surface area contributed by atoms with Crippen molar-refractivity contribution in [1.82, 2.24) is 20.2 Å². The average molecular weight is 565 g/mol. The fraction of sp³-hybridized carbons (Fsp3) is 0.452. The van der Waals surface area contributed by atoms with Crippen molar-refractivity contribution in [1.29, 1.82) is 5.26 Å². The molecule has 1 saturated carbocycles. The Morgan fingerprint density at radius 3 is 2.46 bits per heavy atom. The van der Waals surface area contributed by atoms with Crippen molar-refractivity contribution in [3.63, 3.8) is 0 Å². The molecule has 2 aromatic heterocycles. The van der Waals surface area contributed by atoms with E-state index in [4.69, 9.17) is 0 Å². The smallest absolute Gasteiger partial charge is 0.373 e. The maximum absolute atomic E-state index is 13.4. The lowest BCUT2D eigenvalue weighted by Crippen LogP contribution is -2.41. The van der Waals surface area contributed by atoms with E-state index in [0.29, 0.717) is 40.6 Å². The molecule has 2 heterocycles. The number of halogens is 3. The van der Waals surface area contributed by atoms with Crippen molar-refractivity contribution in [3.05, 3.63) is 59.5 Å². The minimum Gasteiger partial charge on any atom is -0.373 e. The summed E-state index contributed by atoms with van der Waals surface area (Å²) in [7, 11) is 0. The molecule has 0 aliphatic heterocycles. The number of benzene rings is 1. The number of carbonyl (C=O) groups is 1. The van der Waals surface area contributed by atoms with Gasteiger partial charge in [-0.1, -0.05) is 12.0 Å². The van der Waals surface area contributed by atoms with Crippen LogP contribution in [0.3, 0.4) is 0 Å². The number of rotatable bonds is 8. The summed E-state index contributed by atoms with van der Waals surface area (Å²) in [5.74, 6) is 5.82. The van der Waals surface area contributed by atoms with Crippen molar-refractivity contribution >= 4 is 22.5 Å². The number of nitriles is 1. The normalized spacial score (nSPS) is 17.4. The molecule has 1 fully saturated rings. The van der Waals surface area contributed by atoms with Gasteiger partial charge in [-0.05, 0) is 81.3 Å². The lowest BCUT2D eigenvalue weighted by molar-refractivity contribution is -0.140. The molecule has 41 heavy (non-hydrogen) atoms. The highest BCUT2D eigenvalue weighted by Gasteiger charge is 2.29. The molecule has 0 saturated heterocycles. The third-order valence-corrected chi connectivity index (χ3v) is 7.31. The van der Waals surface area contributed by atoms with Gasteiger partial charge in [0.15, 0.2) is 0 Å². The van der Waals surface area contributed by atoms with Crippen LogP contribution in [0.15, 0.2) is 42.6 Å². The van der Waals surface area contributed by atoms with Gasteiger partial charge in [0.25, 0.3) is 0 Å². The number of pyridine rings is 1. The second-order valence-electron chi connectivity index (χ2n) is 11.1. The number of nitrogens with one attached hydrogen (secondary N) is 3. The first-order chi connectivity index (χ1) is 19.4. The van der Waals surface area contributed by atoms with Gasteiger partial charge in [0.2, 0.25) is 5.91 Å². The standard InChI is InChI=1S/C31H35F3N6O/c1-21(41)39-25-9-7-24(8-10-25)37-17-22-6-12-28-23(15-22)16-27(40(28)20-31(32,33)34)5-4-14-36-26-11-13-29(38-18-26)30(2,3)19-35/h6,11-13,15-16,18,24-25,36-37H,7-10,14,17,20H2,1-3H3,(H,39,41). The highest BCUT2D eigenvalue weighted by Crippen LogP contribution is 2.27. The minimum absolute atomic E-state index is 0.00320. The third-order valence-electron chi connectivity index (χ3n) is 7.31. The third kappa shape index (κ3) is 8.25. The van der Waals surface area contributed by atoms with E-state index in [-0.39, 0.29) is 18.5 Å². The van der Waals surface area contributed by atoms with Gasteiger partial charge in [0.1, 0.15) is 6.54 Å². The largest absolute Gasteiger partial charge is 0.406 e. The predicted molar refractivity (Wildman–Crippen MR) is 153 cm³/mol. The van der Waals surface area contributed by atoms with Gasteiger partial charge in [0, 0.05) is 36.5 Å². The summed E-state index contributed by atoms with van der Waals surface area (Å²) < 4.78 is 41.5. The molecule has 3 aromatic rings. The predicted octanol–water partition coefficient (Wildman–Crippen LogP) is 5.40. The first-order valence-corrected chi connectivity index (χ1v) is 13.7. The maximum Gasteiger partial charge on any atom is 0.406 e. The Morgan fingerprint density at radius 1 is 1.10 bits per heavy atom. The lowest BCUT2D eigenvalue weighted by atomic mass is 9.91. The van der Waals surface area contributed by atoms with Crippen LogP contribution in [0.1, 0.15) is 63.4 Å². The van der Waals surface area contributed by atoms with Crippen LogP contribution < -0.4 is 16.0 Å². The number of carbonyl (C=O) groups excluding carboxylic acids is 1. The van der Waals surface area contributed by atoms with E-state index in [0.717, 1.165) is 31.2 Å². The summed E-state index contributed by atoms with van der Waals surface area (Å²) in [5, 5.41) is 19.6. The van der Waals surface area contributed by atoms with Gasteiger partial charge in [-0.2, -0.15) is 18.4 Å². The molecular formula is C31H35F3N6O. The number of amides is 1. The molecule has 216 valence electrons. The Bertz CT molecular complexity index is 1470. The van der Waals surface area contributed by atoms with E-state index in [9.17, 15) is 23.2 Å². The van der Waals surface area contributed by atoms with E-state index in [1.165, 1.54) is 11.5 Å². The van der Waals surface area contributed by atoms with Gasteiger partial charge < -0.3 is 20.5 Å². The molecule has 1 aliphatic rings. The molecule has 1 amide bonds. The van der Waals surface area contributed by atoms with Crippen molar-refractivity contribution < 1.29 is 18.0 Å². The Kier molecular flexibility index (Phi) is 9.25. The van der Waals surface area contributed by atoms with Crippen LogP contribution >= 0.6 is 0 Å². The van der Waals surface area contributed by atoms with Crippen LogP contribution in [0.5, 0.6) is 0 Å². The number of hydrogen-bond acceptors (Lipinski definition) is 5. The van der Waals surface area contributed by atoms with Crippen LogP contribution in [0, 0.1) is 23.2 Å². The van der Waals surface area contributed by atoms with Crippen molar-refractivity contribution in [2.45, 2.75) is 83.2 Å². The summed E-state index contributed by atoms with van der Waals surface area (Å²) in [6, 6.07) is 13.5. The van der Waals surface area contributed by atoms with E-state index in [2.05, 4.69) is 38.8 Å². The average Bonchev–Trinajstić information content (AvgIpc) is 3.25.